The van der Waals surface area contributed by atoms with E-state index in [2.05, 4.69) is 4.90 Å². The van der Waals surface area contributed by atoms with E-state index in [1.54, 1.807) is 6.07 Å². The van der Waals surface area contributed by atoms with E-state index in [0.717, 1.165) is 18.7 Å². The summed E-state index contributed by atoms with van der Waals surface area (Å²) >= 11 is 0. The molecule has 0 amide bonds. The molecule has 0 atom stereocenters. The highest BCUT2D eigenvalue weighted by Gasteiger charge is 2.17. The number of rotatable bonds is 11. The lowest BCUT2D eigenvalue weighted by atomic mass is 9.77. The normalized spacial score (nSPS) is 11.1. The van der Waals surface area contributed by atoms with E-state index in [1.807, 2.05) is 32.0 Å². The van der Waals surface area contributed by atoms with Gasteiger partial charge in [-0.15, -0.1) is 0 Å². The maximum atomic E-state index is 9.43. The average Bonchev–Trinajstić information content (AvgIpc) is 2.48. The van der Waals surface area contributed by atoms with E-state index < -0.39 is 7.12 Å². The minimum Gasteiger partial charge on any atom is -0.423 e. The van der Waals surface area contributed by atoms with Gasteiger partial charge in [-0.25, -0.2) is 0 Å². The summed E-state index contributed by atoms with van der Waals surface area (Å²) in [7, 11) is -1.44. The molecule has 2 N–H and O–H groups in total. The van der Waals surface area contributed by atoms with Gasteiger partial charge in [-0.2, -0.15) is 0 Å². The molecule has 21 heavy (non-hydrogen) atoms. The molecule has 0 spiro atoms. The van der Waals surface area contributed by atoms with Gasteiger partial charge in [0.15, 0.2) is 0 Å². The van der Waals surface area contributed by atoms with Crippen LogP contribution in [0.4, 0.5) is 0 Å². The molecule has 0 heterocycles. The molecule has 0 aliphatic carbocycles. The zero-order valence-corrected chi connectivity index (χ0v) is 13.0. The highest BCUT2D eigenvalue weighted by molar-refractivity contribution is 6.59. The van der Waals surface area contributed by atoms with Crippen molar-refractivity contribution in [2.24, 2.45) is 0 Å². The molecule has 0 aliphatic heterocycles. The van der Waals surface area contributed by atoms with Crippen LogP contribution < -0.4 is 5.46 Å². The third-order valence-electron chi connectivity index (χ3n) is 3.24. The maximum absolute atomic E-state index is 9.43. The molecule has 1 rings (SSSR count). The zero-order chi connectivity index (χ0) is 15.5. The molecule has 0 aliphatic rings. The van der Waals surface area contributed by atoms with Gasteiger partial charge in [-0.1, -0.05) is 24.3 Å². The third kappa shape index (κ3) is 7.06. The second kappa shape index (κ2) is 10.8. The minimum atomic E-state index is -1.44. The van der Waals surface area contributed by atoms with Crippen LogP contribution in [0.5, 0.6) is 0 Å². The van der Waals surface area contributed by atoms with Crippen molar-refractivity contribution in [3.05, 3.63) is 29.8 Å². The first kappa shape index (κ1) is 18.1. The summed E-state index contributed by atoms with van der Waals surface area (Å²) in [6.45, 7) is 8.89. The summed E-state index contributed by atoms with van der Waals surface area (Å²) in [4.78, 5) is 2.20. The first-order valence-corrected chi connectivity index (χ1v) is 7.50. The highest BCUT2D eigenvalue weighted by Crippen LogP contribution is 2.03. The van der Waals surface area contributed by atoms with Crippen LogP contribution in [0.3, 0.4) is 0 Å². The van der Waals surface area contributed by atoms with Crippen molar-refractivity contribution in [1.29, 1.82) is 0 Å². The van der Waals surface area contributed by atoms with Crippen molar-refractivity contribution in [1.82, 2.24) is 4.90 Å². The first-order valence-electron chi connectivity index (χ1n) is 7.50. The predicted octanol–water partition coefficient (Wildman–Crippen LogP) is 0.241. The number of nitrogens with zero attached hydrogens (tertiary/aromatic N) is 1. The van der Waals surface area contributed by atoms with Crippen LogP contribution in [0.25, 0.3) is 0 Å². The van der Waals surface area contributed by atoms with Crippen LogP contribution in [0.15, 0.2) is 24.3 Å². The Hall–Kier alpha value is -0.915. The Bertz CT molecular complexity index is 380. The van der Waals surface area contributed by atoms with Crippen molar-refractivity contribution in [3.63, 3.8) is 0 Å². The van der Waals surface area contributed by atoms with Gasteiger partial charge in [0.2, 0.25) is 0 Å². The molecule has 1 aromatic carbocycles. The standard InChI is InChI=1S/C15H26BNO4/c1-3-20-11-9-17(10-12-21-4-2)13-14-7-5-6-8-15(14)16(18)19/h5-8,18-19H,3-4,9-13H2,1-2H3. The van der Waals surface area contributed by atoms with Crippen molar-refractivity contribution in [3.8, 4) is 0 Å². The van der Waals surface area contributed by atoms with Crippen LogP contribution in [-0.4, -0.2) is 61.6 Å². The highest BCUT2D eigenvalue weighted by atomic mass is 16.5. The molecule has 0 aromatic heterocycles. The molecule has 0 saturated heterocycles. The third-order valence-corrected chi connectivity index (χ3v) is 3.24. The van der Waals surface area contributed by atoms with Crippen molar-refractivity contribution < 1.29 is 19.5 Å². The molecule has 0 saturated carbocycles. The van der Waals surface area contributed by atoms with Gasteiger partial charge in [-0.05, 0) is 24.9 Å². The topological polar surface area (TPSA) is 62.2 Å². The van der Waals surface area contributed by atoms with Gasteiger partial charge in [0, 0.05) is 32.8 Å². The van der Waals surface area contributed by atoms with Gasteiger partial charge in [0.25, 0.3) is 0 Å². The first-order chi connectivity index (χ1) is 10.2. The Morgan fingerprint density at radius 2 is 1.57 bits per heavy atom. The van der Waals surface area contributed by atoms with E-state index in [1.165, 1.54) is 0 Å². The van der Waals surface area contributed by atoms with Crippen LogP contribution >= 0.6 is 0 Å². The minimum absolute atomic E-state index is 0.551. The monoisotopic (exact) mass is 295 g/mol. The Morgan fingerprint density at radius 3 is 2.10 bits per heavy atom. The van der Waals surface area contributed by atoms with E-state index in [4.69, 9.17) is 9.47 Å². The van der Waals surface area contributed by atoms with Gasteiger partial charge in [-0.3, -0.25) is 4.90 Å². The molecule has 6 heteroatoms. The summed E-state index contributed by atoms with van der Waals surface area (Å²) in [5.74, 6) is 0. The molecule has 118 valence electrons. The fourth-order valence-electron chi connectivity index (χ4n) is 2.12. The van der Waals surface area contributed by atoms with Gasteiger partial charge in [0.05, 0.1) is 13.2 Å². The van der Waals surface area contributed by atoms with Crippen LogP contribution in [-0.2, 0) is 16.0 Å². The summed E-state index contributed by atoms with van der Waals surface area (Å²) in [6, 6.07) is 7.37. The van der Waals surface area contributed by atoms with Crippen molar-refractivity contribution in [2.45, 2.75) is 20.4 Å². The average molecular weight is 295 g/mol. The van der Waals surface area contributed by atoms with Gasteiger partial charge < -0.3 is 19.5 Å². The molecular weight excluding hydrogens is 269 g/mol. The zero-order valence-electron chi connectivity index (χ0n) is 13.0. The van der Waals surface area contributed by atoms with Crippen molar-refractivity contribution in [2.75, 3.05) is 39.5 Å². The summed E-state index contributed by atoms with van der Waals surface area (Å²) in [5, 5.41) is 18.9. The maximum Gasteiger partial charge on any atom is 0.488 e. The lowest BCUT2D eigenvalue weighted by molar-refractivity contribution is 0.0799. The molecule has 0 fully saturated rings. The quantitative estimate of drug-likeness (QED) is 0.452. The molecule has 1 aromatic rings. The van der Waals surface area contributed by atoms with E-state index in [-0.39, 0.29) is 0 Å². The molecule has 0 radical (unpaired) electrons. The molecular formula is C15H26BNO4. The van der Waals surface area contributed by atoms with Crippen LogP contribution in [0, 0.1) is 0 Å². The lowest BCUT2D eigenvalue weighted by Crippen LogP contribution is -2.37. The number of hydrogen-bond acceptors (Lipinski definition) is 5. The van der Waals surface area contributed by atoms with Gasteiger partial charge in [0.1, 0.15) is 0 Å². The summed E-state index contributed by atoms with van der Waals surface area (Å²) in [6.07, 6.45) is 0. The van der Waals surface area contributed by atoms with Crippen molar-refractivity contribution >= 4 is 12.6 Å². The summed E-state index contributed by atoms with van der Waals surface area (Å²) in [5.41, 5.74) is 1.47. The second-order valence-electron chi connectivity index (χ2n) is 4.74. The lowest BCUT2D eigenvalue weighted by Gasteiger charge is -2.23. The van der Waals surface area contributed by atoms with E-state index in [0.29, 0.717) is 38.4 Å². The van der Waals surface area contributed by atoms with Crippen LogP contribution in [0.1, 0.15) is 19.4 Å². The predicted molar refractivity (Wildman–Crippen MR) is 84.5 cm³/mol. The fourth-order valence-corrected chi connectivity index (χ4v) is 2.12. The SMILES string of the molecule is CCOCCN(CCOCC)Cc1ccccc1B(O)O. The Kier molecular flexibility index (Phi) is 9.29. The summed E-state index contributed by atoms with van der Waals surface area (Å²) < 4.78 is 10.8. The molecule has 0 unspecified atom stereocenters. The number of ether oxygens (including phenoxy) is 2. The fraction of sp³-hybridized carbons (Fsp3) is 0.600. The van der Waals surface area contributed by atoms with E-state index >= 15 is 0 Å². The Balaban J connectivity index is 2.65. The van der Waals surface area contributed by atoms with E-state index in [9.17, 15) is 10.0 Å². The Labute approximate surface area is 127 Å². The molecule has 5 nitrogen and oxygen atoms in total. The number of benzene rings is 1. The van der Waals surface area contributed by atoms with Crippen LogP contribution in [0.2, 0.25) is 0 Å². The Morgan fingerprint density at radius 1 is 1.00 bits per heavy atom. The molecule has 0 bridgehead atoms. The largest absolute Gasteiger partial charge is 0.488 e. The van der Waals surface area contributed by atoms with Gasteiger partial charge >= 0.3 is 7.12 Å². The second-order valence-corrected chi connectivity index (χ2v) is 4.74. The number of hydrogen-bond donors (Lipinski definition) is 2. The smallest absolute Gasteiger partial charge is 0.423 e.